The Hall–Kier alpha value is -4.10. The zero-order valence-corrected chi connectivity index (χ0v) is 20.8. The number of carbonyl (C=O) groups excluding carboxylic acids is 1. The maximum absolute atomic E-state index is 13.5. The second kappa shape index (κ2) is 9.17. The summed E-state index contributed by atoms with van der Waals surface area (Å²) in [6, 6.07) is 28.2. The van der Waals surface area contributed by atoms with Crippen LogP contribution in [0.3, 0.4) is 0 Å². The SMILES string of the molecule is COc1ccc2ccccc2c1[C@@H]1N=c2ccccc2=C2C(=O)NC(SCc3ccc(C)cc3)=NN21. The number of carbonyl (C=O) groups is 1. The molecular formula is C29H24N4O2S. The molecule has 2 heterocycles. The van der Waals surface area contributed by atoms with E-state index >= 15 is 0 Å². The molecule has 1 N–H and O–H groups in total. The minimum atomic E-state index is -0.558. The van der Waals surface area contributed by atoms with E-state index in [0.29, 0.717) is 22.4 Å². The van der Waals surface area contributed by atoms with Crippen LogP contribution in [0.2, 0.25) is 0 Å². The summed E-state index contributed by atoms with van der Waals surface area (Å²) >= 11 is 1.50. The third-order valence-electron chi connectivity index (χ3n) is 6.42. The summed E-state index contributed by atoms with van der Waals surface area (Å²) in [6.45, 7) is 2.07. The Morgan fingerprint density at radius 2 is 1.75 bits per heavy atom. The van der Waals surface area contributed by atoms with Crippen molar-refractivity contribution in [2.45, 2.75) is 18.8 Å². The van der Waals surface area contributed by atoms with Crippen LogP contribution >= 0.6 is 11.8 Å². The number of hydrogen-bond acceptors (Lipinski definition) is 6. The molecule has 4 aromatic rings. The lowest BCUT2D eigenvalue weighted by Crippen LogP contribution is -2.50. The van der Waals surface area contributed by atoms with E-state index in [2.05, 4.69) is 48.6 Å². The lowest BCUT2D eigenvalue weighted by atomic mass is 9.99. The molecule has 36 heavy (non-hydrogen) atoms. The highest BCUT2D eigenvalue weighted by Gasteiger charge is 2.36. The lowest BCUT2D eigenvalue weighted by Gasteiger charge is -2.35. The Labute approximate surface area is 213 Å². The second-order valence-corrected chi connectivity index (χ2v) is 9.71. The molecule has 6 rings (SSSR count). The van der Waals surface area contributed by atoms with Crippen molar-refractivity contribution in [3.8, 4) is 5.75 Å². The molecule has 7 heteroatoms. The third kappa shape index (κ3) is 3.91. The van der Waals surface area contributed by atoms with Gasteiger partial charge in [-0.1, -0.05) is 90.1 Å². The molecular weight excluding hydrogens is 468 g/mol. The highest BCUT2D eigenvalue weighted by Crippen LogP contribution is 2.40. The number of thioether (sulfide) groups is 1. The van der Waals surface area contributed by atoms with Crippen LogP contribution < -0.4 is 20.6 Å². The normalized spacial score (nSPS) is 16.6. The summed E-state index contributed by atoms with van der Waals surface area (Å²) in [5.41, 5.74) is 3.74. The van der Waals surface area contributed by atoms with Crippen LogP contribution in [0.25, 0.3) is 16.5 Å². The molecule has 6 nitrogen and oxygen atoms in total. The fourth-order valence-corrected chi connectivity index (χ4v) is 5.44. The molecule has 2 aliphatic heterocycles. The first kappa shape index (κ1) is 22.4. The number of benzene rings is 4. The van der Waals surface area contributed by atoms with Gasteiger partial charge in [0, 0.05) is 16.5 Å². The van der Waals surface area contributed by atoms with Crippen molar-refractivity contribution >= 4 is 39.3 Å². The number of nitrogens with one attached hydrogen (secondary N) is 1. The van der Waals surface area contributed by atoms with E-state index in [-0.39, 0.29) is 5.91 Å². The summed E-state index contributed by atoms with van der Waals surface area (Å²) in [7, 11) is 1.66. The second-order valence-electron chi connectivity index (χ2n) is 8.75. The predicted octanol–water partition coefficient (Wildman–Crippen LogP) is 4.23. The summed E-state index contributed by atoms with van der Waals surface area (Å²) < 4.78 is 5.79. The first-order chi connectivity index (χ1) is 17.6. The van der Waals surface area contributed by atoms with Crippen LogP contribution in [0.4, 0.5) is 0 Å². The molecule has 0 fully saturated rings. The van der Waals surface area contributed by atoms with E-state index in [4.69, 9.17) is 14.8 Å². The van der Waals surface area contributed by atoms with Crippen LogP contribution in [0.5, 0.6) is 5.75 Å². The number of aryl methyl sites for hydroxylation is 1. The van der Waals surface area contributed by atoms with Crippen molar-refractivity contribution < 1.29 is 9.53 Å². The summed E-state index contributed by atoms with van der Waals surface area (Å²) in [6.07, 6.45) is -0.558. The Balaban J connectivity index is 1.50. The largest absolute Gasteiger partial charge is 0.496 e. The van der Waals surface area contributed by atoms with Gasteiger partial charge in [0.1, 0.15) is 11.4 Å². The van der Waals surface area contributed by atoms with E-state index < -0.39 is 6.17 Å². The highest BCUT2D eigenvalue weighted by atomic mass is 32.2. The van der Waals surface area contributed by atoms with Crippen LogP contribution in [0.1, 0.15) is 22.9 Å². The van der Waals surface area contributed by atoms with Gasteiger partial charge in [-0.3, -0.25) is 15.1 Å². The van der Waals surface area contributed by atoms with Crippen molar-refractivity contribution in [1.29, 1.82) is 0 Å². The molecule has 0 radical (unpaired) electrons. The Morgan fingerprint density at radius 3 is 2.58 bits per heavy atom. The Kier molecular flexibility index (Phi) is 5.70. The van der Waals surface area contributed by atoms with Crippen molar-refractivity contribution in [2.75, 3.05) is 7.11 Å². The molecule has 0 aromatic heterocycles. The summed E-state index contributed by atoms with van der Waals surface area (Å²) in [5, 5.41) is 13.8. The summed E-state index contributed by atoms with van der Waals surface area (Å²) in [4.78, 5) is 18.6. The Morgan fingerprint density at radius 1 is 0.972 bits per heavy atom. The molecule has 1 amide bonds. The van der Waals surface area contributed by atoms with Crippen LogP contribution in [0, 0.1) is 6.92 Å². The average molecular weight is 493 g/mol. The number of hydrazone groups is 1. The standard InChI is InChI=1S/C29H24N4O2S/c1-18-11-13-19(14-12-18)17-36-29-31-28(34)26-22-9-5-6-10-23(22)30-27(33(26)32-29)25-21-8-4-3-7-20(21)15-16-24(25)35-2/h3-16,27H,17H2,1-2H3,(H,31,32,34)/t27-/m1/s1. The van der Waals surface area contributed by atoms with Gasteiger partial charge in [0.2, 0.25) is 0 Å². The number of nitrogens with zero attached hydrogens (tertiary/aromatic N) is 3. The van der Waals surface area contributed by atoms with Gasteiger partial charge in [-0.15, -0.1) is 5.10 Å². The third-order valence-corrected chi connectivity index (χ3v) is 7.36. The first-order valence-corrected chi connectivity index (χ1v) is 12.7. The molecule has 0 saturated heterocycles. The van der Waals surface area contributed by atoms with Gasteiger partial charge in [0.25, 0.3) is 5.91 Å². The fraction of sp³-hybridized carbons (Fsp3) is 0.138. The van der Waals surface area contributed by atoms with E-state index in [1.807, 2.05) is 48.5 Å². The van der Waals surface area contributed by atoms with E-state index in [1.165, 1.54) is 22.9 Å². The van der Waals surface area contributed by atoms with Crippen LogP contribution in [0.15, 0.2) is 95.0 Å². The molecule has 0 aliphatic carbocycles. The van der Waals surface area contributed by atoms with Gasteiger partial charge in [0.05, 0.1) is 12.5 Å². The van der Waals surface area contributed by atoms with Gasteiger partial charge in [0.15, 0.2) is 11.3 Å². The number of para-hydroxylation sites is 1. The lowest BCUT2D eigenvalue weighted by molar-refractivity contribution is -0.116. The van der Waals surface area contributed by atoms with Crippen molar-refractivity contribution in [3.05, 3.63) is 112 Å². The number of amidine groups is 1. The van der Waals surface area contributed by atoms with Gasteiger partial charge in [-0.05, 0) is 35.4 Å². The van der Waals surface area contributed by atoms with Gasteiger partial charge >= 0.3 is 0 Å². The molecule has 4 aromatic carbocycles. The maximum Gasteiger partial charge on any atom is 0.276 e. The molecule has 1 atom stereocenters. The topological polar surface area (TPSA) is 66.3 Å². The predicted molar refractivity (Wildman–Crippen MR) is 144 cm³/mol. The van der Waals surface area contributed by atoms with Crippen LogP contribution in [-0.4, -0.2) is 23.2 Å². The molecule has 2 aliphatic rings. The van der Waals surface area contributed by atoms with Crippen molar-refractivity contribution in [1.82, 2.24) is 10.3 Å². The fourth-order valence-electron chi connectivity index (χ4n) is 4.64. The summed E-state index contributed by atoms with van der Waals surface area (Å²) in [5.74, 6) is 1.21. The van der Waals surface area contributed by atoms with Crippen molar-refractivity contribution in [3.63, 3.8) is 0 Å². The van der Waals surface area contributed by atoms with E-state index in [9.17, 15) is 4.79 Å². The van der Waals surface area contributed by atoms with Gasteiger partial charge in [-0.25, -0.2) is 5.01 Å². The van der Waals surface area contributed by atoms with Gasteiger partial charge in [-0.2, -0.15) is 0 Å². The number of amides is 1. The smallest absolute Gasteiger partial charge is 0.276 e. The maximum atomic E-state index is 13.5. The Bertz CT molecular complexity index is 1650. The molecule has 0 bridgehead atoms. The zero-order chi connectivity index (χ0) is 24.6. The molecule has 0 saturated carbocycles. The molecule has 178 valence electrons. The number of rotatable bonds is 4. The quantitative estimate of drug-likeness (QED) is 0.463. The number of methoxy groups -OCH3 is 1. The monoisotopic (exact) mass is 492 g/mol. The zero-order valence-electron chi connectivity index (χ0n) is 19.9. The van der Waals surface area contributed by atoms with Crippen molar-refractivity contribution in [2.24, 2.45) is 10.1 Å². The average Bonchev–Trinajstić information content (AvgIpc) is 2.91. The minimum absolute atomic E-state index is 0.192. The van der Waals surface area contributed by atoms with Crippen LogP contribution in [-0.2, 0) is 10.5 Å². The number of ether oxygens (including phenoxy) is 1. The molecule has 0 unspecified atom stereocenters. The molecule has 0 spiro atoms. The van der Waals surface area contributed by atoms with Gasteiger partial charge < -0.3 is 4.74 Å². The minimum Gasteiger partial charge on any atom is -0.496 e. The van der Waals surface area contributed by atoms with E-state index in [1.54, 1.807) is 12.1 Å². The number of fused-ring (bicyclic) bond motifs is 3. The number of hydrogen-bond donors (Lipinski definition) is 1. The first-order valence-electron chi connectivity index (χ1n) is 11.7. The van der Waals surface area contributed by atoms with E-state index in [0.717, 1.165) is 26.9 Å². The highest BCUT2D eigenvalue weighted by molar-refractivity contribution is 8.13.